The second-order valence-electron chi connectivity index (χ2n) is 5.17. The van der Waals surface area contributed by atoms with E-state index in [2.05, 4.69) is 22.2 Å². The molecule has 0 amide bonds. The van der Waals surface area contributed by atoms with Crippen molar-refractivity contribution in [2.45, 2.75) is 39.5 Å². The van der Waals surface area contributed by atoms with Gasteiger partial charge in [0.05, 0.1) is 11.5 Å². The Kier molecular flexibility index (Phi) is 4.08. The molecule has 1 saturated heterocycles. The van der Waals surface area contributed by atoms with E-state index in [1.165, 1.54) is 0 Å². The van der Waals surface area contributed by atoms with Crippen molar-refractivity contribution in [1.82, 2.24) is 9.97 Å². The molecule has 1 fully saturated rings. The van der Waals surface area contributed by atoms with Crippen molar-refractivity contribution in [1.29, 1.82) is 0 Å². The summed E-state index contributed by atoms with van der Waals surface area (Å²) >= 11 is 0. The van der Waals surface area contributed by atoms with Crippen LogP contribution in [0, 0.1) is 13.8 Å². The highest BCUT2D eigenvalue weighted by atomic mass is 32.2. The number of anilines is 1. The van der Waals surface area contributed by atoms with Crippen molar-refractivity contribution in [3.63, 3.8) is 0 Å². The molecule has 5 nitrogen and oxygen atoms in total. The maximum atomic E-state index is 11.6. The zero-order valence-corrected chi connectivity index (χ0v) is 12.5. The van der Waals surface area contributed by atoms with Gasteiger partial charge in [0, 0.05) is 23.7 Å². The zero-order chi connectivity index (χ0) is 14.0. The lowest BCUT2D eigenvalue weighted by atomic mass is 10.1. The molecule has 0 spiro atoms. The van der Waals surface area contributed by atoms with Crippen LogP contribution >= 0.6 is 0 Å². The number of aryl methyl sites for hydroxylation is 1. The number of nitrogens with one attached hydrogen (secondary N) is 1. The monoisotopic (exact) mass is 283 g/mol. The Balaban J connectivity index is 2.29. The van der Waals surface area contributed by atoms with E-state index in [4.69, 9.17) is 0 Å². The molecule has 106 valence electrons. The van der Waals surface area contributed by atoms with Gasteiger partial charge in [-0.05, 0) is 26.7 Å². The summed E-state index contributed by atoms with van der Waals surface area (Å²) in [6, 6.07) is 0. The highest BCUT2D eigenvalue weighted by Crippen LogP contribution is 2.28. The lowest BCUT2D eigenvalue weighted by molar-refractivity contribution is 0.601. The molecular weight excluding hydrogens is 262 g/mol. The quantitative estimate of drug-likeness (QED) is 0.912. The average Bonchev–Trinajstić information content (AvgIpc) is 2.71. The van der Waals surface area contributed by atoms with Gasteiger partial charge in [0.2, 0.25) is 0 Å². The second kappa shape index (κ2) is 5.45. The summed E-state index contributed by atoms with van der Waals surface area (Å²) < 4.78 is 23.1. The molecule has 1 aliphatic rings. The van der Waals surface area contributed by atoms with Crippen molar-refractivity contribution in [3.8, 4) is 0 Å². The molecule has 2 heterocycles. The molecule has 1 aliphatic heterocycles. The first-order chi connectivity index (χ1) is 8.93. The highest BCUT2D eigenvalue weighted by Gasteiger charge is 2.31. The number of aromatic nitrogens is 2. The number of hydrogen-bond donors (Lipinski definition) is 1. The third-order valence-corrected chi connectivity index (χ3v) is 5.31. The van der Waals surface area contributed by atoms with Gasteiger partial charge in [-0.25, -0.2) is 18.4 Å². The van der Waals surface area contributed by atoms with E-state index in [9.17, 15) is 8.42 Å². The molecule has 1 N–H and O–H groups in total. The summed E-state index contributed by atoms with van der Waals surface area (Å²) in [5.74, 6) is 1.90. The summed E-state index contributed by atoms with van der Waals surface area (Å²) in [7, 11) is -2.90. The standard InChI is InChI=1S/C13H21N3O2S/c1-4-6-14-12-9(2)10(3)15-13(16-12)11-5-7-19(17,18)8-11/h11H,4-8H2,1-3H3,(H,14,15,16). The Labute approximate surface area is 114 Å². The van der Waals surface area contributed by atoms with Crippen LogP contribution in [0.1, 0.15) is 42.8 Å². The molecule has 1 unspecified atom stereocenters. The maximum absolute atomic E-state index is 11.6. The Morgan fingerprint density at radius 2 is 2.05 bits per heavy atom. The van der Waals surface area contributed by atoms with Crippen LogP contribution in [-0.4, -0.2) is 36.4 Å². The molecule has 6 heteroatoms. The van der Waals surface area contributed by atoms with Gasteiger partial charge in [0.1, 0.15) is 11.6 Å². The summed E-state index contributed by atoms with van der Waals surface area (Å²) in [6.45, 7) is 6.89. The molecule has 0 radical (unpaired) electrons. The first-order valence-corrected chi connectivity index (χ1v) is 8.54. The van der Waals surface area contributed by atoms with Crippen LogP contribution in [0.15, 0.2) is 0 Å². The molecule has 1 aromatic heterocycles. The summed E-state index contributed by atoms with van der Waals surface area (Å²) in [5.41, 5.74) is 1.96. The first-order valence-electron chi connectivity index (χ1n) is 6.72. The first kappa shape index (κ1) is 14.2. The Morgan fingerprint density at radius 3 is 2.63 bits per heavy atom. The Hall–Kier alpha value is -1.17. The van der Waals surface area contributed by atoms with Crippen LogP contribution in [0.5, 0.6) is 0 Å². The predicted octanol–water partition coefficient (Wildman–Crippen LogP) is 1.82. The summed E-state index contributed by atoms with van der Waals surface area (Å²) in [5, 5.41) is 3.29. The molecule has 0 aromatic carbocycles. The largest absolute Gasteiger partial charge is 0.370 e. The van der Waals surface area contributed by atoms with E-state index in [0.717, 1.165) is 30.0 Å². The summed E-state index contributed by atoms with van der Waals surface area (Å²) in [4.78, 5) is 9.00. The van der Waals surface area contributed by atoms with Crippen LogP contribution in [-0.2, 0) is 9.84 Å². The summed E-state index contributed by atoms with van der Waals surface area (Å²) in [6.07, 6.45) is 1.66. The third kappa shape index (κ3) is 3.23. The van der Waals surface area contributed by atoms with Crippen molar-refractivity contribution < 1.29 is 8.42 Å². The fourth-order valence-electron chi connectivity index (χ4n) is 2.25. The highest BCUT2D eigenvalue weighted by molar-refractivity contribution is 7.91. The van der Waals surface area contributed by atoms with Gasteiger partial charge < -0.3 is 5.32 Å². The van der Waals surface area contributed by atoms with E-state index in [1.54, 1.807) is 0 Å². The fourth-order valence-corrected chi connectivity index (χ4v) is 3.99. The minimum Gasteiger partial charge on any atom is -0.370 e. The van der Waals surface area contributed by atoms with Gasteiger partial charge in [-0.2, -0.15) is 0 Å². The molecule has 19 heavy (non-hydrogen) atoms. The van der Waals surface area contributed by atoms with Crippen LogP contribution < -0.4 is 5.32 Å². The van der Waals surface area contributed by atoms with E-state index in [1.807, 2.05) is 13.8 Å². The van der Waals surface area contributed by atoms with Crippen LogP contribution in [0.4, 0.5) is 5.82 Å². The fraction of sp³-hybridized carbons (Fsp3) is 0.692. The smallest absolute Gasteiger partial charge is 0.151 e. The lowest BCUT2D eigenvalue weighted by Crippen LogP contribution is -2.13. The van der Waals surface area contributed by atoms with Crippen molar-refractivity contribution in [2.75, 3.05) is 23.4 Å². The van der Waals surface area contributed by atoms with E-state index in [0.29, 0.717) is 12.2 Å². The van der Waals surface area contributed by atoms with Gasteiger partial charge in [0.25, 0.3) is 0 Å². The third-order valence-electron chi connectivity index (χ3n) is 3.55. The Morgan fingerprint density at radius 1 is 1.32 bits per heavy atom. The van der Waals surface area contributed by atoms with Gasteiger partial charge in [-0.1, -0.05) is 6.92 Å². The number of sulfone groups is 1. The maximum Gasteiger partial charge on any atom is 0.151 e. The average molecular weight is 283 g/mol. The minimum atomic E-state index is -2.90. The number of nitrogens with zero attached hydrogens (tertiary/aromatic N) is 2. The zero-order valence-electron chi connectivity index (χ0n) is 11.7. The van der Waals surface area contributed by atoms with Crippen molar-refractivity contribution in [2.24, 2.45) is 0 Å². The molecule has 0 saturated carbocycles. The molecular formula is C13H21N3O2S. The van der Waals surface area contributed by atoms with Gasteiger partial charge in [-0.3, -0.25) is 0 Å². The van der Waals surface area contributed by atoms with Crippen LogP contribution in [0.3, 0.4) is 0 Å². The minimum absolute atomic E-state index is 0.0496. The van der Waals surface area contributed by atoms with Gasteiger partial charge >= 0.3 is 0 Å². The SMILES string of the molecule is CCCNc1nc(C2CCS(=O)(=O)C2)nc(C)c1C. The second-order valence-corrected chi connectivity index (χ2v) is 7.40. The normalized spacial score (nSPS) is 21.5. The molecule has 1 aromatic rings. The van der Waals surface area contributed by atoms with Crippen LogP contribution in [0.2, 0.25) is 0 Å². The van der Waals surface area contributed by atoms with Crippen molar-refractivity contribution >= 4 is 15.7 Å². The van der Waals surface area contributed by atoms with E-state index in [-0.39, 0.29) is 17.4 Å². The molecule has 0 bridgehead atoms. The van der Waals surface area contributed by atoms with Gasteiger partial charge in [-0.15, -0.1) is 0 Å². The lowest BCUT2D eigenvalue weighted by Gasteiger charge is -2.14. The number of rotatable bonds is 4. The predicted molar refractivity (Wildman–Crippen MR) is 76.3 cm³/mol. The van der Waals surface area contributed by atoms with E-state index >= 15 is 0 Å². The molecule has 1 atom stereocenters. The Bertz CT molecular complexity index is 569. The molecule has 2 rings (SSSR count). The van der Waals surface area contributed by atoms with Gasteiger partial charge in [0.15, 0.2) is 9.84 Å². The molecule has 0 aliphatic carbocycles. The van der Waals surface area contributed by atoms with Crippen LogP contribution in [0.25, 0.3) is 0 Å². The van der Waals surface area contributed by atoms with E-state index < -0.39 is 9.84 Å². The van der Waals surface area contributed by atoms with Crippen molar-refractivity contribution in [3.05, 3.63) is 17.1 Å². The topological polar surface area (TPSA) is 72.0 Å². The number of hydrogen-bond acceptors (Lipinski definition) is 5.